The number of carbonyl (C=O) groups excluding carboxylic acids is 2. The van der Waals surface area contributed by atoms with Crippen LogP contribution in [0.4, 0.5) is 13.2 Å². The summed E-state index contributed by atoms with van der Waals surface area (Å²) < 4.78 is 39.8. The number of carbonyl (C=O) groups is 2. The van der Waals surface area contributed by atoms with E-state index in [0.717, 1.165) is 28.6 Å². The molecular weight excluding hydrogens is 491 g/mol. The van der Waals surface area contributed by atoms with E-state index in [1.54, 1.807) is 17.2 Å². The van der Waals surface area contributed by atoms with Gasteiger partial charge in [0, 0.05) is 35.8 Å². The number of fused-ring (bicyclic) bond motifs is 1. The van der Waals surface area contributed by atoms with Crippen molar-refractivity contribution in [1.29, 1.82) is 0 Å². The summed E-state index contributed by atoms with van der Waals surface area (Å²) in [7, 11) is 0. The van der Waals surface area contributed by atoms with Crippen molar-refractivity contribution in [2.75, 3.05) is 6.54 Å². The van der Waals surface area contributed by atoms with Crippen LogP contribution in [0.2, 0.25) is 0 Å². The fourth-order valence-corrected chi connectivity index (χ4v) is 5.08. The molecule has 1 N–H and O–H groups in total. The van der Waals surface area contributed by atoms with E-state index in [1.165, 1.54) is 12.1 Å². The number of alkyl halides is 3. The summed E-state index contributed by atoms with van der Waals surface area (Å²) in [6, 6.07) is 22.8. The van der Waals surface area contributed by atoms with Gasteiger partial charge in [0.2, 0.25) is 0 Å². The highest BCUT2D eigenvalue weighted by Crippen LogP contribution is 2.31. The molecule has 4 aromatic rings. The third-order valence-corrected chi connectivity index (χ3v) is 6.96. The maximum absolute atomic E-state index is 13.4. The van der Waals surface area contributed by atoms with Crippen LogP contribution in [0.3, 0.4) is 0 Å². The third-order valence-electron chi connectivity index (χ3n) is 6.96. The molecule has 0 spiro atoms. The molecule has 0 saturated carbocycles. The monoisotopic (exact) mass is 517 g/mol. The van der Waals surface area contributed by atoms with Gasteiger partial charge in [-0.2, -0.15) is 13.2 Å². The van der Waals surface area contributed by atoms with Gasteiger partial charge in [0.25, 0.3) is 11.8 Å². The molecular formula is C30H26F3N3O2. The zero-order chi connectivity index (χ0) is 26.7. The smallest absolute Gasteiger partial charge is 0.349 e. The Labute approximate surface area is 218 Å². The summed E-state index contributed by atoms with van der Waals surface area (Å²) in [5.41, 5.74) is 1.41. The van der Waals surface area contributed by atoms with E-state index in [0.29, 0.717) is 31.4 Å². The molecule has 8 heteroatoms. The lowest BCUT2D eigenvalue weighted by Gasteiger charge is -2.40. The molecule has 1 aliphatic heterocycles. The SMILES string of the molecule is O=C(N[C@H]1CCN(C(=O)c2cccc(C(F)(F)F)c2)[C@H](Cc2ccccc2)C1)c1ccnc2ccccc12. The number of amides is 2. The fourth-order valence-electron chi connectivity index (χ4n) is 5.08. The van der Waals surface area contributed by atoms with Crippen LogP contribution < -0.4 is 5.32 Å². The van der Waals surface area contributed by atoms with Gasteiger partial charge in [-0.1, -0.05) is 54.6 Å². The van der Waals surface area contributed by atoms with E-state index in [1.807, 2.05) is 54.6 Å². The predicted octanol–water partition coefficient (Wildman–Crippen LogP) is 5.90. The summed E-state index contributed by atoms with van der Waals surface area (Å²) in [5, 5.41) is 3.87. The Balaban J connectivity index is 1.37. The number of piperidine rings is 1. The molecule has 1 aromatic heterocycles. The maximum Gasteiger partial charge on any atom is 0.416 e. The molecule has 0 radical (unpaired) electrons. The van der Waals surface area contributed by atoms with E-state index in [9.17, 15) is 22.8 Å². The topological polar surface area (TPSA) is 62.3 Å². The Morgan fingerprint density at radius 2 is 1.71 bits per heavy atom. The lowest BCUT2D eigenvalue weighted by Crippen LogP contribution is -2.52. The number of likely N-dealkylation sites (tertiary alicyclic amines) is 1. The first kappa shape index (κ1) is 25.4. The molecule has 38 heavy (non-hydrogen) atoms. The van der Waals surface area contributed by atoms with Crippen LogP contribution in [0.5, 0.6) is 0 Å². The zero-order valence-electron chi connectivity index (χ0n) is 20.5. The molecule has 2 heterocycles. The number of hydrogen-bond donors (Lipinski definition) is 1. The largest absolute Gasteiger partial charge is 0.416 e. The number of nitrogens with zero attached hydrogens (tertiary/aromatic N) is 2. The van der Waals surface area contributed by atoms with Crippen molar-refractivity contribution in [2.24, 2.45) is 0 Å². The van der Waals surface area contributed by atoms with E-state index < -0.39 is 17.6 Å². The Morgan fingerprint density at radius 1 is 0.947 bits per heavy atom. The number of rotatable bonds is 5. The molecule has 1 aliphatic rings. The minimum absolute atomic E-state index is 0.00336. The van der Waals surface area contributed by atoms with Crippen molar-refractivity contribution in [3.8, 4) is 0 Å². The number of hydrogen-bond acceptors (Lipinski definition) is 3. The van der Waals surface area contributed by atoms with E-state index in [2.05, 4.69) is 10.3 Å². The molecule has 5 nitrogen and oxygen atoms in total. The first-order chi connectivity index (χ1) is 18.3. The van der Waals surface area contributed by atoms with Crippen LogP contribution in [-0.2, 0) is 12.6 Å². The molecule has 0 bridgehead atoms. The van der Waals surface area contributed by atoms with Gasteiger partial charge in [-0.3, -0.25) is 14.6 Å². The van der Waals surface area contributed by atoms with Gasteiger partial charge in [0.15, 0.2) is 0 Å². The van der Waals surface area contributed by atoms with Gasteiger partial charge in [-0.05, 0) is 55.2 Å². The van der Waals surface area contributed by atoms with Gasteiger partial charge < -0.3 is 10.2 Å². The van der Waals surface area contributed by atoms with Crippen molar-refractivity contribution < 1.29 is 22.8 Å². The van der Waals surface area contributed by atoms with Gasteiger partial charge in [-0.25, -0.2) is 0 Å². The van der Waals surface area contributed by atoms with Crippen LogP contribution >= 0.6 is 0 Å². The Kier molecular flexibility index (Phi) is 7.13. The lowest BCUT2D eigenvalue weighted by molar-refractivity contribution is -0.137. The van der Waals surface area contributed by atoms with Crippen LogP contribution in [0.25, 0.3) is 10.9 Å². The van der Waals surface area contributed by atoms with E-state index in [-0.39, 0.29) is 23.6 Å². The van der Waals surface area contributed by atoms with Crippen molar-refractivity contribution in [1.82, 2.24) is 15.2 Å². The molecule has 5 rings (SSSR count). The molecule has 194 valence electrons. The molecule has 0 unspecified atom stereocenters. The second kappa shape index (κ2) is 10.7. The maximum atomic E-state index is 13.4. The van der Waals surface area contributed by atoms with Gasteiger partial charge in [-0.15, -0.1) is 0 Å². The number of para-hydroxylation sites is 1. The standard InChI is InChI=1S/C30H26F3N3O2/c31-30(32,33)22-10-6-9-21(18-22)29(38)36-16-14-23(19-24(36)17-20-7-2-1-3-8-20)35-28(37)26-13-15-34-27-12-5-4-11-25(26)27/h1-13,15,18,23-24H,14,16-17,19H2,(H,35,37)/t23-,24+/m0/s1. The summed E-state index contributed by atoms with van der Waals surface area (Å²) in [4.78, 5) is 32.6. The van der Waals surface area contributed by atoms with E-state index >= 15 is 0 Å². The summed E-state index contributed by atoms with van der Waals surface area (Å²) >= 11 is 0. The first-order valence-corrected chi connectivity index (χ1v) is 12.5. The minimum atomic E-state index is -4.53. The van der Waals surface area contributed by atoms with Gasteiger partial charge in [0.1, 0.15) is 0 Å². The summed E-state index contributed by atoms with van der Waals surface area (Å²) in [6.07, 6.45) is -1.44. The van der Waals surface area contributed by atoms with Crippen LogP contribution in [0, 0.1) is 0 Å². The van der Waals surface area contributed by atoms with Crippen LogP contribution in [-0.4, -0.2) is 40.3 Å². The average Bonchev–Trinajstić information content (AvgIpc) is 2.93. The second-order valence-electron chi connectivity index (χ2n) is 9.49. The molecule has 2 atom stereocenters. The van der Waals surface area contributed by atoms with Crippen molar-refractivity contribution in [3.63, 3.8) is 0 Å². The second-order valence-corrected chi connectivity index (χ2v) is 9.49. The predicted molar refractivity (Wildman–Crippen MR) is 139 cm³/mol. The highest BCUT2D eigenvalue weighted by molar-refractivity contribution is 6.06. The number of pyridine rings is 1. The highest BCUT2D eigenvalue weighted by Gasteiger charge is 2.35. The fraction of sp³-hybridized carbons (Fsp3) is 0.233. The Bertz CT molecular complexity index is 1450. The number of halogens is 3. The Morgan fingerprint density at radius 3 is 2.50 bits per heavy atom. The normalized spacial score (nSPS) is 17.8. The van der Waals surface area contributed by atoms with Gasteiger partial charge >= 0.3 is 6.18 Å². The van der Waals surface area contributed by atoms with Gasteiger partial charge in [0.05, 0.1) is 16.6 Å². The quantitative estimate of drug-likeness (QED) is 0.359. The van der Waals surface area contributed by atoms with Crippen molar-refractivity contribution >= 4 is 22.7 Å². The number of nitrogens with one attached hydrogen (secondary N) is 1. The molecule has 1 fully saturated rings. The lowest BCUT2D eigenvalue weighted by atomic mass is 9.91. The summed E-state index contributed by atoms with van der Waals surface area (Å²) in [6.45, 7) is 0.314. The molecule has 0 aliphatic carbocycles. The average molecular weight is 518 g/mol. The summed E-state index contributed by atoms with van der Waals surface area (Å²) in [5.74, 6) is -0.661. The first-order valence-electron chi connectivity index (χ1n) is 12.5. The third kappa shape index (κ3) is 5.54. The van der Waals surface area contributed by atoms with Crippen LogP contribution in [0.15, 0.2) is 91.1 Å². The minimum Gasteiger partial charge on any atom is -0.349 e. The highest BCUT2D eigenvalue weighted by atomic mass is 19.4. The molecule has 3 aromatic carbocycles. The number of benzene rings is 3. The van der Waals surface area contributed by atoms with Crippen LogP contribution in [0.1, 0.15) is 44.7 Å². The van der Waals surface area contributed by atoms with Crippen molar-refractivity contribution in [3.05, 3.63) is 113 Å². The molecule has 2 amide bonds. The number of aromatic nitrogens is 1. The van der Waals surface area contributed by atoms with Crippen molar-refractivity contribution in [2.45, 2.75) is 37.5 Å². The molecule has 1 saturated heterocycles. The van der Waals surface area contributed by atoms with E-state index in [4.69, 9.17) is 0 Å². The Hall–Kier alpha value is -4.20. The zero-order valence-corrected chi connectivity index (χ0v) is 20.5.